The summed E-state index contributed by atoms with van der Waals surface area (Å²) in [5.41, 5.74) is 0.780. The van der Waals surface area contributed by atoms with Gasteiger partial charge < -0.3 is 15.1 Å². The van der Waals surface area contributed by atoms with Gasteiger partial charge in [-0.05, 0) is 37.8 Å². The van der Waals surface area contributed by atoms with Crippen LogP contribution in [-0.2, 0) is 4.79 Å². The van der Waals surface area contributed by atoms with Crippen molar-refractivity contribution in [1.82, 2.24) is 4.90 Å². The molecule has 2 N–H and O–H groups in total. The van der Waals surface area contributed by atoms with Crippen LogP contribution < -0.4 is 0 Å². The number of piperidine rings is 1. The van der Waals surface area contributed by atoms with Crippen LogP contribution in [0.15, 0.2) is 18.2 Å². The zero-order chi connectivity index (χ0) is 14.0. The molecule has 1 aromatic rings. The van der Waals surface area contributed by atoms with Crippen LogP contribution >= 0.6 is 0 Å². The molecule has 1 aromatic carbocycles. The predicted octanol–water partition coefficient (Wildman–Crippen LogP) is 1.78. The number of carbonyl (C=O) groups is 2. The fourth-order valence-corrected chi connectivity index (χ4v) is 2.42. The van der Waals surface area contributed by atoms with Gasteiger partial charge in [0.15, 0.2) is 0 Å². The van der Waals surface area contributed by atoms with Crippen LogP contribution in [-0.4, -0.2) is 39.6 Å². The molecular formula is C14H17NO4. The van der Waals surface area contributed by atoms with Crippen molar-refractivity contribution in [3.63, 3.8) is 0 Å². The lowest BCUT2D eigenvalue weighted by molar-refractivity contribution is -0.143. The van der Waals surface area contributed by atoms with Gasteiger partial charge in [0.2, 0.25) is 0 Å². The normalized spacial score (nSPS) is 19.2. The van der Waals surface area contributed by atoms with E-state index in [2.05, 4.69) is 0 Å². The Morgan fingerprint density at radius 3 is 2.74 bits per heavy atom. The molecule has 19 heavy (non-hydrogen) atoms. The summed E-state index contributed by atoms with van der Waals surface area (Å²) in [6, 6.07) is 4.12. The minimum atomic E-state index is -0.986. The Labute approximate surface area is 111 Å². The summed E-state index contributed by atoms with van der Waals surface area (Å²) < 4.78 is 0. The molecule has 0 aliphatic carbocycles. The molecule has 2 rings (SSSR count). The first-order valence-corrected chi connectivity index (χ1v) is 6.34. The highest BCUT2D eigenvalue weighted by atomic mass is 16.4. The van der Waals surface area contributed by atoms with Crippen molar-refractivity contribution in [1.29, 1.82) is 0 Å². The number of carboxylic acids is 1. The Kier molecular flexibility index (Phi) is 3.74. The molecule has 1 amide bonds. The molecule has 0 bridgehead atoms. The molecule has 0 spiro atoms. The van der Waals surface area contributed by atoms with Gasteiger partial charge in [-0.1, -0.05) is 12.1 Å². The van der Waals surface area contributed by atoms with E-state index in [0.717, 1.165) is 12.8 Å². The maximum atomic E-state index is 12.4. The third kappa shape index (κ3) is 2.54. The smallest absolute Gasteiger partial charge is 0.326 e. The molecule has 5 heteroatoms. The number of aromatic hydroxyl groups is 1. The second-order valence-electron chi connectivity index (χ2n) is 4.82. The number of amides is 1. The van der Waals surface area contributed by atoms with Crippen molar-refractivity contribution < 1.29 is 19.8 Å². The number of rotatable bonds is 2. The molecule has 1 aliphatic heterocycles. The number of benzene rings is 1. The van der Waals surface area contributed by atoms with Gasteiger partial charge in [-0.3, -0.25) is 4.79 Å². The highest BCUT2D eigenvalue weighted by molar-refractivity contribution is 5.99. The first kappa shape index (κ1) is 13.4. The van der Waals surface area contributed by atoms with Crippen LogP contribution in [0.4, 0.5) is 0 Å². The Hall–Kier alpha value is -2.04. The van der Waals surface area contributed by atoms with E-state index < -0.39 is 17.9 Å². The van der Waals surface area contributed by atoms with Crippen LogP contribution in [0.25, 0.3) is 0 Å². The van der Waals surface area contributed by atoms with E-state index in [1.54, 1.807) is 19.1 Å². The third-order valence-corrected chi connectivity index (χ3v) is 3.52. The lowest BCUT2D eigenvalue weighted by atomic mass is 10.00. The van der Waals surface area contributed by atoms with Gasteiger partial charge >= 0.3 is 5.97 Å². The molecule has 0 saturated carbocycles. The first-order valence-electron chi connectivity index (χ1n) is 6.34. The summed E-state index contributed by atoms with van der Waals surface area (Å²) >= 11 is 0. The van der Waals surface area contributed by atoms with E-state index in [1.807, 2.05) is 0 Å². The molecule has 0 aromatic heterocycles. The number of nitrogens with zero attached hydrogens (tertiary/aromatic N) is 1. The van der Waals surface area contributed by atoms with Gasteiger partial charge in [0.1, 0.15) is 11.8 Å². The van der Waals surface area contributed by atoms with E-state index in [4.69, 9.17) is 0 Å². The number of phenolic OH excluding ortho intramolecular Hbond substituents is 1. The molecule has 1 heterocycles. The SMILES string of the molecule is Cc1cccc(C(=O)N2CCCCC2C(=O)O)c1O. The van der Waals surface area contributed by atoms with Crippen molar-refractivity contribution in [2.24, 2.45) is 0 Å². The van der Waals surface area contributed by atoms with E-state index >= 15 is 0 Å². The zero-order valence-corrected chi connectivity index (χ0v) is 10.8. The predicted molar refractivity (Wildman–Crippen MR) is 69.2 cm³/mol. The lowest BCUT2D eigenvalue weighted by Crippen LogP contribution is -2.48. The third-order valence-electron chi connectivity index (χ3n) is 3.52. The van der Waals surface area contributed by atoms with E-state index in [9.17, 15) is 19.8 Å². The van der Waals surface area contributed by atoms with Crippen LogP contribution in [0.2, 0.25) is 0 Å². The minimum Gasteiger partial charge on any atom is -0.507 e. The highest BCUT2D eigenvalue weighted by Gasteiger charge is 2.33. The Morgan fingerprint density at radius 1 is 1.32 bits per heavy atom. The largest absolute Gasteiger partial charge is 0.507 e. The molecule has 5 nitrogen and oxygen atoms in total. The van der Waals surface area contributed by atoms with Crippen molar-refractivity contribution >= 4 is 11.9 Å². The van der Waals surface area contributed by atoms with Crippen molar-refractivity contribution in [2.75, 3.05) is 6.54 Å². The summed E-state index contributed by atoms with van der Waals surface area (Å²) in [5.74, 6) is -1.46. The van der Waals surface area contributed by atoms with Gasteiger partial charge in [0.05, 0.1) is 5.56 Å². The number of likely N-dealkylation sites (tertiary alicyclic amines) is 1. The Bertz CT molecular complexity index is 512. The van der Waals surface area contributed by atoms with Gasteiger partial charge in [-0.2, -0.15) is 0 Å². The molecule has 1 unspecified atom stereocenters. The second-order valence-corrected chi connectivity index (χ2v) is 4.82. The van der Waals surface area contributed by atoms with Crippen molar-refractivity contribution in [3.8, 4) is 5.75 Å². The van der Waals surface area contributed by atoms with Crippen LogP contribution in [0.3, 0.4) is 0 Å². The molecule has 1 fully saturated rings. The average molecular weight is 263 g/mol. The number of carboxylic acid groups (broad SMARTS) is 1. The number of para-hydroxylation sites is 1. The van der Waals surface area contributed by atoms with Crippen LogP contribution in [0.5, 0.6) is 5.75 Å². The number of hydrogen-bond acceptors (Lipinski definition) is 3. The average Bonchev–Trinajstić information content (AvgIpc) is 2.41. The standard InChI is InChI=1S/C14H17NO4/c1-9-5-4-6-10(12(9)16)13(17)15-8-3-2-7-11(15)14(18)19/h4-6,11,16H,2-3,7-8H2,1H3,(H,18,19). The van der Waals surface area contributed by atoms with E-state index in [-0.39, 0.29) is 11.3 Å². The van der Waals surface area contributed by atoms with Gasteiger partial charge in [0.25, 0.3) is 5.91 Å². The minimum absolute atomic E-state index is 0.0674. The second kappa shape index (κ2) is 5.30. The fourth-order valence-electron chi connectivity index (χ4n) is 2.42. The lowest BCUT2D eigenvalue weighted by Gasteiger charge is -2.33. The summed E-state index contributed by atoms with van der Waals surface area (Å²) in [7, 11) is 0. The quantitative estimate of drug-likeness (QED) is 0.852. The Balaban J connectivity index is 2.31. The number of carbonyl (C=O) groups excluding carboxylic acids is 1. The topological polar surface area (TPSA) is 77.8 Å². The van der Waals surface area contributed by atoms with Gasteiger partial charge in [0, 0.05) is 6.54 Å². The summed E-state index contributed by atoms with van der Waals surface area (Å²) in [5, 5.41) is 19.1. The van der Waals surface area contributed by atoms with Gasteiger partial charge in [-0.15, -0.1) is 0 Å². The van der Waals surface area contributed by atoms with E-state index in [1.165, 1.54) is 11.0 Å². The monoisotopic (exact) mass is 263 g/mol. The molecule has 1 atom stereocenters. The molecule has 1 saturated heterocycles. The van der Waals surface area contributed by atoms with E-state index in [0.29, 0.717) is 18.5 Å². The molecule has 0 radical (unpaired) electrons. The number of aliphatic carboxylic acids is 1. The zero-order valence-electron chi connectivity index (χ0n) is 10.8. The highest BCUT2D eigenvalue weighted by Crippen LogP contribution is 2.26. The fraction of sp³-hybridized carbons (Fsp3) is 0.429. The number of aryl methyl sites for hydroxylation is 1. The first-order chi connectivity index (χ1) is 9.02. The van der Waals surface area contributed by atoms with Crippen LogP contribution in [0.1, 0.15) is 35.2 Å². The Morgan fingerprint density at radius 2 is 2.05 bits per heavy atom. The van der Waals surface area contributed by atoms with Gasteiger partial charge in [-0.25, -0.2) is 4.79 Å². The molecule has 102 valence electrons. The number of phenols is 1. The number of hydrogen-bond donors (Lipinski definition) is 2. The van der Waals surface area contributed by atoms with Crippen LogP contribution in [0, 0.1) is 6.92 Å². The molecular weight excluding hydrogens is 246 g/mol. The maximum absolute atomic E-state index is 12.4. The maximum Gasteiger partial charge on any atom is 0.326 e. The van der Waals surface area contributed by atoms with Crippen molar-refractivity contribution in [3.05, 3.63) is 29.3 Å². The van der Waals surface area contributed by atoms with Crippen molar-refractivity contribution in [2.45, 2.75) is 32.2 Å². The summed E-state index contributed by atoms with van der Waals surface area (Å²) in [6.07, 6.45) is 2.07. The summed E-state index contributed by atoms with van der Waals surface area (Å²) in [6.45, 7) is 2.13. The molecule has 1 aliphatic rings. The summed E-state index contributed by atoms with van der Waals surface area (Å²) in [4.78, 5) is 24.9.